The molecule has 12 aromatic rings. The fourth-order valence-electron chi connectivity index (χ4n) is 9.59. The lowest BCUT2D eigenvalue weighted by Gasteiger charge is -2.20. The summed E-state index contributed by atoms with van der Waals surface area (Å²) in [6.07, 6.45) is 0. The maximum atomic E-state index is 10.2. The number of nitriles is 1. The van der Waals surface area contributed by atoms with Gasteiger partial charge in [0.25, 0.3) is 0 Å². The van der Waals surface area contributed by atoms with Gasteiger partial charge in [-0.1, -0.05) is 146 Å². The highest BCUT2D eigenvalue weighted by Crippen LogP contribution is 2.50. The highest BCUT2D eigenvalue weighted by molar-refractivity contribution is 6.31. The van der Waals surface area contributed by atoms with E-state index in [1.165, 1.54) is 65.3 Å². The Morgan fingerprint density at radius 1 is 0.386 bits per heavy atom. The van der Waals surface area contributed by atoms with Crippen LogP contribution in [0.3, 0.4) is 0 Å². The topological polar surface area (TPSA) is 41.6 Å². The van der Waals surface area contributed by atoms with E-state index in [1.807, 2.05) is 12.1 Å². The zero-order valence-electron chi connectivity index (χ0n) is 30.7. The summed E-state index contributed by atoms with van der Waals surface area (Å²) in [5.41, 5.74) is 11.9. The minimum Gasteiger partial charge on any atom is -0.309 e. The minimum atomic E-state index is 0.691. The molecule has 3 nitrogen and oxygen atoms in total. The number of pyridine rings is 1. The SMILES string of the molecule is N#Cc1ccc2c3c1ccc1c(-c4c5ccccc5c(-c5ccc(-c6ccc7ccccc7n6)c6ccccc56)c5ccccc45)ccc(c13)n2-c1ccccc1. The van der Waals surface area contributed by atoms with E-state index in [0.717, 1.165) is 49.7 Å². The molecule has 10 aromatic carbocycles. The molecule has 0 bridgehead atoms. The first-order chi connectivity index (χ1) is 28.3. The van der Waals surface area contributed by atoms with Crippen molar-refractivity contribution in [3.05, 3.63) is 194 Å². The number of benzene rings is 10. The summed E-state index contributed by atoms with van der Waals surface area (Å²) in [4.78, 5) is 5.11. The second kappa shape index (κ2) is 12.1. The van der Waals surface area contributed by atoms with Gasteiger partial charge in [0.2, 0.25) is 0 Å². The Bertz CT molecular complexity index is 3590. The lowest BCUT2D eigenvalue weighted by molar-refractivity contribution is 1.18. The van der Waals surface area contributed by atoms with E-state index < -0.39 is 0 Å². The number of para-hydroxylation sites is 2. The molecule has 0 saturated carbocycles. The normalized spacial score (nSPS) is 11.8. The van der Waals surface area contributed by atoms with Crippen molar-refractivity contribution >= 4 is 75.8 Å². The molecule has 0 amide bonds. The van der Waals surface area contributed by atoms with Crippen molar-refractivity contribution in [1.82, 2.24) is 9.55 Å². The van der Waals surface area contributed by atoms with Gasteiger partial charge in [0.15, 0.2) is 0 Å². The van der Waals surface area contributed by atoms with Gasteiger partial charge in [-0.15, -0.1) is 0 Å². The predicted octanol–water partition coefficient (Wildman–Crippen LogP) is 14.3. The van der Waals surface area contributed by atoms with Crippen molar-refractivity contribution < 1.29 is 0 Å². The summed E-state index contributed by atoms with van der Waals surface area (Å²) < 4.78 is 2.34. The average molecular weight is 722 g/mol. The molecule has 0 aliphatic rings. The minimum absolute atomic E-state index is 0.691. The summed E-state index contributed by atoms with van der Waals surface area (Å²) in [6, 6.07) is 69.8. The third-order valence-corrected chi connectivity index (χ3v) is 12.0. The summed E-state index contributed by atoms with van der Waals surface area (Å²) in [5.74, 6) is 0. The molecule has 3 heteroatoms. The van der Waals surface area contributed by atoms with Gasteiger partial charge in [0.1, 0.15) is 0 Å². The molecule has 0 saturated heterocycles. The van der Waals surface area contributed by atoms with Crippen LogP contribution in [-0.2, 0) is 0 Å². The molecule has 2 aromatic heterocycles. The lowest BCUT2D eigenvalue weighted by atomic mass is 9.83. The zero-order valence-corrected chi connectivity index (χ0v) is 30.7. The summed E-state index contributed by atoms with van der Waals surface area (Å²) in [5, 5.41) is 23.0. The van der Waals surface area contributed by atoms with Crippen LogP contribution in [0.15, 0.2) is 188 Å². The van der Waals surface area contributed by atoms with E-state index in [2.05, 4.69) is 187 Å². The highest BCUT2D eigenvalue weighted by Gasteiger charge is 2.24. The van der Waals surface area contributed by atoms with Crippen molar-refractivity contribution in [2.75, 3.05) is 0 Å². The van der Waals surface area contributed by atoms with Crippen LogP contribution < -0.4 is 0 Å². The number of aromatic nitrogens is 2. The highest BCUT2D eigenvalue weighted by atomic mass is 15.0. The molecule has 0 aliphatic heterocycles. The first kappa shape index (κ1) is 31.5. The van der Waals surface area contributed by atoms with Crippen LogP contribution in [0.5, 0.6) is 0 Å². The molecule has 0 spiro atoms. The maximum Gasteiger partial charge on any atom is 0.0998 e. The monoisotopic (exact) mass is 721 g/mol. The number of fused-ring (bicyclic) bond motifs is 4. The van der Waals surface area contributed by atoms with E-state index in [4.69, 9.17) is 4.98 Å². The fraction of sp³-hybridized carbons (Fsp3) is 0. The molecule has 0 radical (unpaired) electrons. The molecule has 0 atom stereocenters. The molecular weight excluding hydrogens is 691 g/mol. The standard InChI is InChI=1S/C54H31N3/c55-32-34-23-30-49-53-36(34)24-26-46-45(28-31-50(54(46)53)57(49)35-13-2-1-3-14-35)52-42-19-9-7-17-40(42)51(41-18-8-10-20-43(41)52)44-27-25-39(37-15-5-6-16-38(37)44)48-29-22-33-12-4-11-21-47(33)56-48/h1-31H. The molecule has 0 unspecified atom stereocenters. The van der Waals surface area contributed by atoms with Gasteiger partial charge in [0.05, 0.1) is 33.9 Å². The second-order valence-electron chi connectivity index (χ2n) is 14.9. The van der Waals surface area contributed by atoms with Crippen LogP contribution in [0.4, 0.5) is 0 Å². The zero-order chi connectivity index (χ0) is 37.6. The maximum absolute atomic E-state index is 10.2. The largest absolute Gasteiger partial charge is 0.309 e. The van der Waals surface area contributed by atoms with Crippen LogP contribution >= 0.6 is 0 Å². The van der Waals surface area contributed by atoms with Gasteiger partial charge in [0, 0.05) is 32.8 Å². The van der Waals surface area contributed by atoms with Gasteiger partial charge >= 0.3 is 0 Å². The molecule has 12 rings (SSSR count). The van der Waals surface area contributed by atoms with E-state index in [-0.39, 0.29) is 0 Å². The molecule has 0 N–H and O–H groups in total. The van der Waals surface area contributed by atoms with Gasteiger partial charge < -0.3 is 4.57 Å². The van der Waals surface area contributed by atoms with E-state index in [0.29, 0.717) is 5.56 Å². The van der Waals surface area contributed by atoms with Crippen LogP contribution in [0.1, 0.15) is 5.56 Å². The predicted molar refractivity (Wildman–Crippen MR) is 238 cm³/mol. The Morgan fingerprint density at radius 3 is 1.58 bits per heavy atom. The molecule has 0 aliphatic carbocycles. The number of hydrogen-bond acceptors (Lipinski definition) is 2. The Kier molecular flexibility index (Phi) is 6.70. The van der Waals surface area contributed by atoms with Crippen LogP contribution in [-0.4, -0.2) is 9.55 Å². The number of rotatable bonds is 4. The first-order valence-corrected chi connectivity index (χ1v) is 19.4. The smallest absolute Gasteiger partial charge is 0.0998 e. The third-order valence-electron chi connectivity index (χ3n) is 12.0. The Balaban J connectivity index is 1.15. The van der Waals surface area contributed by atoms with Gasteiger partial charge in [-0.2, -0.15) is 5.26 Å². The average Bonchev–Trinajstić information content (AvgIpc) is 3.62. The lowest BCUT2D eigenvalue weighted by Crippen LogP contribution is -1.94. The molecule has 262 valence electrons. The van der Waals surface area contributed by atoms with Crippen molar-refractivity contribution in [3.8, 4) is 45.3 Å². The molecule has 57 heavy (non-hydrogen) atoms. The molecule has 2 heterocycles. The van der Waals surface area contributed by atoms with Crippen LogP contribution in [0.2, 0.25) is 0 Å². The summed E-state index contributed by atoms with van der Waals surface area (Å²) in [7, 11) is 0. The van der Waals surface area contributed by atoms with Gasteiger partial charge in [-0.25, -0.2) is 4.98 Å². The van der Waals surface area contributed by atoms with Crippen LogP contribution in [0, 0.1) is 11.3 Å². The van der Waals surface area contributed by atoms with E-state index in [1.54, 1.807) is 0 Å². The molecular formula is C54H31N3. The van der Waals surface area contributed by atoms with Crippen LogP contribution in [0.25, 0.3) is 115 Å². The third kappa shape index (κ3) is 4.50. The molecule has 0 fully saturated rings. The van der Waals surface area contributed by atoms with Gasteiger partial charge in [-0.05, 0) is 102 Å². The Labute approximate surface area is 328 Å². The number of nitrogens with zero attached hydrogens (tertiary/aromatic N) is 3. The van der Waals surface area contributed by atoms with Crippen molar-refractivity contribution in [3.63, 3.8) is 0 Å². The summed E-state index contributed by atoms with van der Waals surface area (Å²) >= 11 is 0. The Hall–Kier alpha value is -7.80. The van der Waals surface area contributed by atoms with Gasteiger partial charge in [-0.3, -0.25) is 0 Å². The first-order valence-electron chi connectivity index (χ1n) is 19.4. The second-order valence-corrected chi connectivity index (χ2v) is 14.9. The summed E-state index contributed by atoms with van der Waals surface area (Å²) in [6.45, 7) is 0. The van der Waals surface area contributed by atoms with E-state index >= 15 is 0 Å². The fourth-order valence-corrected chi connectivity index (χ4v) is 9.59. The quantitative estimate of drug-likeness (QED) is 0.134. The Morgan fingerprint density at radius 2 is 0.895 bits per heavy atom. The van der Waals surface area contributed by atoms with Crippen molar-refractivity contribution in [2.24, 2.45) is 0 Å². The van der Waals surface area contributed by atoms with Crippen molar-refractivity contribution in [2.45, 2.75) is 0 Å². The van der Waals surface area contributed by atoms with Crippen molar-refractivity contribution in [1.29, 1.82) is 5.26 Å². The number of hydrogen-bond donors (Lipinski definition) is 0. The van der Waals surface area contributed by atoms with E-state index in [9.17, 15) is 5.26 Å².